The maximum atomic E-state index is 15.0. The molecule has 0 unspecified atom stereocenters. The third-order valence-corrected chi connectivity index (χ3v) is 14.9. The van der Waals surface area contributed by atoms with E-state index in [1.165, 1.54) is 28.4 Å². The lowest BCUT2D eigenvalue weighted by molar-refractivity contribution is -0.140. The Hall–Kier alpha value is -5.56. The number of ether oxygens (including phenoxy) is 1. The Morgan fingerprint density at radius 3 is 2.48 bits per heavy atom. The number of halogens is 3. The van der Waals surface area contributed by atoms with Crippen LogP contribution in [-0.2, 0) is 36.0 Å². The van der Waals surface area contributed by atoms with Crippen molar-refractivity contribution >= 4 is 66.3 Å². The molecule has 2 aromatic carbocycles. The Bertz CT molecular complexity index is 2760. The molecule has 2 aliphatic carbocycles. The van der Waals surface area contributed by atoms with E-state index in [4.69, 9.17) is 19.1 Å². The van der Waals surface area contributed by atoms with Gasteiger partial charge in [-0.3, -0.25) is 19.1 Å². The molecule has 64 heavy (non-hydrogen) atoms. The van der Waals surface area contributed by atoms with E-state index in [-0.39, 0.29) is 47.7 Å². The van der Waals surface area contributed by atoms with Crippen LogP contribution in [0, 0.1) is 5.92 Å². The van der Waals surface area contributed by atoms with Crippen molar-refractivity contribution in [2.24, 2.45) is 5.92 Å². The van der Waals surface area contributed by atoms with Crippen LogP contribution in [0.2, 0.25) is 0 Å². The van der Waals surface area contributed by atoms with Crippen LogP contribution in [0.25, 0.3) is 33.5 Å². The van der Waals surface area contributed by atoms with Gasteiger partial charge in [-0.2, -0.15) is 18.2 Å². The molecule has 9 rings (SSSR count). The number of rotatable bonds is 8. The minimum atomic E-state index is -4.55. The SMILES string of the molecule is CC(C)(C)c1csc(N[C@H]2CCCCC/C=C\[C@@H]3C[C@@]3(C(=O)NS(=O)(=O)C3CC3)NC(=O)[C@@H]3C[C@@H](Oc4nc(-c5ccc(C(F)(F)F)cc5)nc5c4oc4ccccc45)CN3C2=O)n1. The van der Waals surface area contributed by atoms with Crippen molar-refractivity contribution in [2.45, 2.75) is 119 Å². The Balaban J connectivity index is 1.07. The molecule has 3 aromatic heterocycles. The van der Waals surface area contributed by atoms with Gasteiger partial charge in [0.15, 0.2) is 11.0 Å². The summed E-state index contributed by atoms with van der Waals surface area (Å²) in [6.45, 7) is 6.04. The number of anilines is 1. The number of fused-ring (bicyclic) bond motifs is 5. The zero-order chi connectivity index (χ0) is 45.2. The fraction of sp³-hybridized carbons (Fsp3) is 0.467. The molecule has 3 fully saturated rings. The summed E-state index contributed by atoms with van der Waals surface area (Å²) in [5.74, 6) is -2.33. The molecule has 2 aliphatic heterocycles. The third kappa shape index (κ3) is 8.80. The van der Waals surface area contributed by atoms with Crippen molar-refractivity contribution in [1.82, 2.24) is 29.9 Å². The van der Waals surface area contributed by atoms with E-state index in [0.717, 1.165) is 30.7 Å². The molecule has 4 aliphatic rings. The molecule has 0 bridgehead atoms. The fourth-order valence-electron chi connectivity index (χ4n) is 8.42. The largest absolute Gasteiger partial charge is 0.470 e. The lowest BCUT2D eigenvalue weighted by Crippen LogP contribution is -2.57. The van der Waals surface area contributed by atoms with E-state index < -0.39 is 74.4 Å². The Kier molecular flexibility index (Phi) is 11.2. The predicted molar refractivity (Wildman–Crippen MR) is 234 cm³/mol. The van der Waals surface area contributed by atoms with E-state index in [0.29, 0.717) is 53.7 Å². The summed E-state index contributed by atoms with van der Waals surface area (Å²) >= 11 is 1.38. The normalized spacial score (nSPS) is 25.2. The fourth-order valence-corrected chi connectivity index (χ4v) is 10.8. The average molecular weight is 920 g/mol. The van der Waals surface area contributed by atoms with Gasteiger partial charge >= 0.3 is 6.18 Å². The number of allylic oxidation sites excluding steroid dienone is 1. The number of hydrogen-bond donors (Lipinski definition) is 3. The molecule has 14 nitrogen and oxygen atoms in total. The van der Waals surface area contributed by atoms with E-state index >= 15 is 0 Å². The highest BCUT2D eigenvalue weighted by molar-refractivity contribution is 7.91. The number of nitrogens with one attached hydrogen (secondary N) is 3. The zero-order valence-electron chi connectivity index (χ0n) is 35.4. The highest BCUT2D eigenvalue weighted by Gasteiger charge is 2.62. The lowest BCUT2D eigenvalue weighted by Gasteiger charge is -2.30. The first kappa shape index (κ1) is 43.7. The van der Waals surface area contributed by atoms with Crippen molar-refractivity contribution < 1.29 is 45.1 Å². The average Bonchev–Trinajstić information content (AvgIpc) is 4.06. The Morgan fingerprint density at radius 1 is 1.00 bits per heavy atom. The number of carbonyl (C=O) groups excluding carboxylic acids is 3. The first-order valence-corrected chi connectivity index (χ1v) is 23.9. The summed E-state index contributed by atoms with van der Waals surface area (Å²) in [6, 6.07) is 9.54. The van der Waals surface area contributed by atoms with Crippen LogP contribution in [0.5, 0.6) is 5.88 Å². The van der Waals surface area contributed by atoms with Crippen molar-refractivity contribution in [3.63, 3.8) is 0 Å². The van der Waals surface area contributed by atoms with Gasteiger partial charge in [0.25, 0.3) is 11.8 Å². The second-order valence-electron chi connectivity index (χ2n) is 18.2. The van der Waals surface area contributed by atoms with Gasteiger partial charge in [-0.25, -0.2) is 18.4 Å². The number of alkyl halides is 3. The van der Waals surface area contributed by atoms with Crippen LogP contribution in [0.3, 0.4) is 0 Å². The first-order chi connectivity index (χ1) is 30.4. The van der Waals surface area contributed by atoms with E-state index in [2.05, 4.69) is 20.3 Å². The minimum absolute atomic E-state index is 0.0441. The number of nitrogens with zero attached hydrogens (tertiary/aromatic N) is 4. The lowest BCUT2D eigenvalue weighted by atomic mass is 9.93. The van der Waals surface area contributed by atoms with Crippen LogP contribution >= 0.6 is 11.3 Å². The molecule has 338 valence electrons. The summed E-state index contributed by atoms with van der Waals surface area (Å²) in [4.78, 5) is 59.2. The van der Waals surface area contributed by atoms with Crippen molar-refractivity contribution in [3.05, 3.63) is 77.3 Å². The van der Waals surface area contributed by atoms with Gasteiger partial charge in [-0.15, -0.1) is 11.3 Å². The van der Waals surface area contributed by atoms with Crippen LogP contribution in [0.1, 0.15) is 89.8 Å². The van der Waals surface area contributed by atoms with Crippen LogP contribution < -0.4 is 20.1 Å². The van der Waals surface area contributed by atoms with E-state index in [1.807, 2.05) is 38.3 Å². The topological polar surface area (TPSA) is 186 Å². The Labute approximate surface area is 371 Å². The molecule has 3 amide bonds. The molecule has 2 saturated carbocycles. The summed E-state index contributed by atoms with van der Waals surface area (Å²) in [5, 5.41) is 8.70. The number of carbonyl (C=O) groups is 3. The monoisotopic (exact) mass is 919 g/mol. The molecular formula is C45H48F3N7O7S2. The highest BCUT2D eigenvalue weighted by atomic mass is 32.2. The molecule has 0 radical (unpaired) electrons. The summed E-state index contributed by atoms with van der Waals surface area (Å²) in [6.07, 6.45) is 2.79. The van der Waals surface area contributed by atoms with Gasteiger partial charge < -0.3 is 24.7 Å². The number of sulfonamides is 1. The van der Waals surface area contributed by atoms with Gasteiger partial charge in [0.2, 0.25) is 27.4 Å². The molecular weight excluding hydrogens is 872 g/mol. The van der Waals surface area contributed by atoms with Crippen molar-refractivity contribution in [2.75, 3.05) is 11.9 Å². The van der Waals surface area contributed by atoms with Crippen LogP contribution in [-0.4, -0.2) is 81.5 Å². The van der Waals surface area contributed by atoms with Gasteiger partial charge in [-0.1, -0.05) is 70.0 Å². The summed E-state index contributed by atoms with van der Waals surface area (Å²) in [5.41, 5.74) is -0.532. The number of thiazole rings is 1. The van der Waals surface area contributed by atoms with Crippen molar-refractivity contribution in [3.8, 4) is 17.3 Å². The maximum Gasteiger partial charge on any atom is 0.416 e. The quantitative estimate of drug-likeness (QED) is 0.130. The van der Waals surface area contributed by atoms with E-state index in [1.54, 1.807) is 24.3 Å². The molecule has 1 saturated heterocycles. The number of hydrogen-bond acceptors (Lipinski definition) is 12. The highest BCUT2D eigenvalue weighted by Crippen LogP contribution is 2.46. The van der Waals surface area contributed by atoms with E-state index in [9.17, 15) is 36.0 Å². The second kappa shape index (κ2) is 16.5. The molecule has 5 aromatic rings. The number of benzene rings is 2. The van der Waals surface area contributed by atoms with Crippen LogP contribution in [0.4, 0.5) is 18.3 Å². The molecule has 5 heterocycles. The summed E-state index contributed by atoms with van der Waals surface area (Å²) in [7, 11) is -3.95. The molecule has 19 heteroatoms. The number of para-hydroxylation sites is 1. The molecule has 3 N–H and O–H groups in total. The first-order valence-electron chi connectivity index (χ1n) is 21.5. The smallest absolute Gasteiger partial charge is 0.416 e. The number of furan rings is 1. The van der Waals surface area contributed by atoms with Gasteiger partial charge in [0, 0.05) is 34.1 Å². The zero-order valence-corrected chi connectivity index (χ0v) is 37.0. The van der Waals surface area contributed by atoms with Gasteiger partial charge in [-0.05, 0) is 62.8 Å². The Morgan fingerprint density at radius 2 is 1.77 bits per heavy atom. The van der Waals surface area contributed by atoms with Crippen molar-refractivity contribution in [1.29, 1.82) is 0 Å². The minimum Gasteiger partial charge on any atom is -0.470 e. The number of amides is 3. The third-order valence-electron chi connectivity index (χ3n) is 12.4. The second-order valence-corrected chi connectivity index (χ2v) is 21.0. The molecule has 0 spiro atoms. The molecule has 5 atom stereocenters. The van der Waals surface area contributed by atoms with Crippen LogP contribution in [0.15, 0.2) is 70.5 Å². The van der Waals surface area contributed by atoms with Gasteiger partial charge in [0.05, 0.1) is 23.1 Å². The maximum absolute atomic E-state index is 15.0. The summed E-state index contributed by atoms with van der Waals surface area (Å²) < 4.78 is 81.5. The number of aromatic nitrogens is 3. The van der Waals surface area contributed by atoms with Gasteiger partial charge in [0.1, 0.15) is 34.8 Å². The standard InChI is InChI=1S/C45H48F3N7O7S2/c1-43(2,3)34-24-63-42(50-34)49-31-13-8-6-4-5-7-11-27-22-44(27,41(58)54-64(59,60)29-19-20-29)53-38(56)32-21-28(23-55(32)40(31)57)61-39-36-35(30-12-9-10-14-33(30)62-36)51-37(52-39)25-15-17-26(18-16-25)45(46,47)48/h7,9-12,14-18,24,27-29,31-32H,4-6,8,13,19-23H2,1-3H3,(H,49,50)(H,53,56)(H,54,58)/b11-7-/t27-,28-,31+,32+,44-/m1/s1. The predicted octanol–water partition coefficient (Wildman–Crippen LogP) is 7.65.